The van der Waals surface area contributed by atoms with Crippen LogP contribution in [0, 0.1) is 0 Å². The van der Waals surface area contributed by atoms with Gasteiger partial charge in [0.2, 0.25) is 0 Å². The molecule has 102 valence electrons. The molecule has 0 aliphatic carbocycles. The predicted molar refractivity (Wildman–Crippen MR) is 72.1 cm³/mol. The molecule has 1 heterocycles. The summed E-state index contributed by atoms with van der Waals surface area (Å²) >= 11 is 3.28. The summed E-state index contributed by atoms with van der Waals surface area (Å²) in [4.78, 5) is 11.7. The lowest BCUT2D eigenvalue weighted by atomic mass is 10.2. The Bertz CT molecular complexity index is 425. The van der Waals surface area contributed by atoms with Crippen molar-refractivity contribution in [3.8, 4) is 0 Å². The fourth-order valence-corrected chi connectivity index (χ4v) is 1.95. The van der Waals surface area contributed by atoms with Gasteiger partial charge in [-0.3, -0.25) is 4.68 Å². The van der Waals surface area contributed by atoms with E-state index >= 15 is 0 Å². The molecular formula is C11H19BrN4O2. The summed E-state index contributed by atoms with van der Waals surface area (Å²) < 4.78 is 7.56. The molecule has 0 radical (unpaired) electrons. The van der Waals surface area contributed by atoms with Crippen LogP contribution in [0.25, 0.3) is 0 Å². The van der Waals surface area contributed by atoms with E-state index in [1.54, 1.807) is 11.7 Å². The lowest BCUT2D eigenvalue weighted by molar-refractivity contribution is 0.0503. The maximum Gasteiger partial charge on any atom is 0.408 e. The maximum absolute atomic E-state index is 11.7. The number of nitrogens with one attached hydrogen (secondary N) is 1. The molecule has 7 heteroatoms. The summed E-state index contributed by atoms with van der Waals surface area (Å²) in [6.45, 7) is 5.70. The van der Waals surface area contributed by atoms with Gasteiger partial charge < -0.3 is 15.8 Å². The van der Waals surface area contributed by atoms with Crippen molar-refractivity contribution >= 4 is 22.0 Å². The monoisotopic (exact) mass is 318 g/mol. The Morgan fingerprint density at radius 1 is 1.67 bits per heavy atom. The van der Waals surface area contributed by atoms with Gasteiger partial charge in [-0.25, -0.2) is 4.79 Å². The standard InChI is InChI=1S/C11H19BrN4O2/c1-11(2,3)18-10(17)14-7(6-13)8-5-9(12)15-16(8)4/h5,7H,6,13H2,1-4H3,(H,14,17). The van der Waals surface area contributed by atoms with E-state index in [0.29, 0.717) is 4.60 Å². The number of rotatable bonds is 3. The van der Waals surface area contributed by atoms with Gasteiger partial charge in [0.25, 0.3) is 0 Å². The molecule has 0 saturated heterocycles. The van der Waals surface area contributed by atoms with Crippen LogP contribution in [0.3, 0.4) is 0 Å². The Balaban J connectivity index is 2.74. The molecule has 0 spiro atoms. The zero-order valence-electron chi connectivity index (χ0n) is 11.0. The number of hydrogen-bond donors (Lipinski definition) is 2. The van der Waals surface area contributed by atoms with E-state index in [2.05, 4.69) is 26.3 Å². The molecule has 0 bridgehead atoms. The van der Waals surface area contributed by atoms with Gasteiger partial charge in [-0.15, -0.1) is 0 Å². The van der Waals surface area contributed by atoms with Crippen LogP contribution in [-0.4, -0.2) is 28.0 Å². The third kappa shape index (κ3) is 4.30. The van der Waals surface area contributed by atoms with Gasteiger partial charge in [0.1, 0.15) is 10.2 Å². The molecule has 1 atom stereocenters. The van der Waals surface area contributed by atoms with E-state index in [0.717, 1.165) is 5.69 Å². The van der Waals surface area contributed by atoms with Crippen LogP contribution >= 0.6 is 15.9 Å². The highest BCUT2D eigenvalue weighted by Crippen LogP contribution is 2.17. The van der Waals surface area contributed by atoms with Gasteiger partial charge in [-0.05, 0) is 42.8 Å². The van der Waals surface area contributed by atoms with Gasteiger partial charge >= 0.3 is 6.09 Å². The number of aryl methyl sites for hydroxylation is 1. The van der Waals surface area contributed by atoms with Gasteiger partial charge in [0, 0.05) is 13.6 Å². The summed E-state index contributed by atoms with van der Waals surface area (Å²) in [6.07, 6.45) is -0.490. The highest BCUT2D eigenvalue weighted by molar-refractivity contribution is 9.10. The van der Waals surface area contributed by atoms with E-state index in [-0.39, 0.29) is 12.6 Å². The number of aromatic nitrogens is 2. The van der Waals surface area contributed by atoms with Crippen molar-refractivity contribution in [3.05, 3.63) is 16.4 Å². The zero-order chi connectivity index (χ0) is 13.9. The quantitative estimate of drug-likeness (QED) is 0.888. The second kappa shape index (κ2) is 5.71. The normalized spacial score (nSPS) is 13.2. The molecule has 1 amide bonds. The highest BCUT2D eigenvalue weighted by Gasteiger charge is 2.21. The first-order valence-electron chi connectivity index (χ1n) is 5.62. The van der Waals surface area contributed by atoms with Gasteiger partial charge in [0.05, 0.1) is 11.7 Å². The molecule has 0 aromatic carbocycles. The summed E-state index contributed by atoms with van der Waals surface area (Å²) in [5, 5.41) is 6.87. The number of nitrogens with two attached hydrogens (primary N) is 1. The first kappa shape index (κ1) is 15.0. The van der Waals surface area contributed by atoms with E-state index < -0.39 is 11.7 Å². The minimum atomic E-state index is -0.531. The number of halogens is 1. The van der Waals surface area contributed by atoms with E-state index in [1.165, 1.54) is 0 Å². The van der Waals surface area contributed by atoms with Crippen LogP contribution in [0.1, 0.15) is 32.5 Å². The summed E-state index contributed by atoms with van der Waals surface area (Å²) in [5.41, 5.74) is 5.95. The third-order valence-corrected chi connectivity index (χ3v) is 2.56. The van der Waals surface area contributed by atoms with Gasteiger partial charge in [0.15, 0.2) is 0 Å². The van der Waals surface area contributed by atoms with Gasteiger partial charge in [-0.2, -0.15) is 5.10 Å². The molecule has 0 saturated carbocycles. The van der Waals surface area contributed by atoms with E-state index in [4.69, 9.17) is 10.5 Å². The average Bonchev–Trinajstić information content (AvgIpc) is 2.51. The first-order chi connectivity index (χ1) is 8.23. The van der Waals surface area contributed by atoms with Crippen LogP contribution in [0.2, 0.25) is 0 Å². The van der Waals surface area contributed by atoms with Crippen LogP contribution in [0.5, 0.6) is 0 Å². The number of alkyl carbamates (subject to hydrolysis) is 1. The molecule has 1 rings (SSSR count). The molecule has 1 aromatic rings. The zero-order valence-corrected chi connectivity index (χ0v) is 12.6. The Hall–Kier alpha value is -1.08. The minimum absolute atomic E-state index is 0.269. The van der Waals surface area contributed by atoms with Crippen molar-refractivity contribution in [2.45, 2.75) is 32.4 Å². The lowest BCUT2D eigenvalue weighted by Gasteiger charge is -2.23. The van der Waals surface area contributed by atoms with Gasteiger partial charge in [-0.1, -0.05) is 0 Å². The lowest BCUT2D eigenvalue weighted by Crippen LogP contribution is -2.38. The molecule has 1 unspecified atom stereocenters. The first-order valence-corrected chi connectivity index (χ1v) is 6.41. The average molecular weight is 319 g/mol. The number of ether oxygens (including phenoxy) is 1. The molecule has 6 nitrogen and oxygen atoms in total. The van der Waals surface area contributed by atoms with Crippen molar-refractivity contribution in [1.29, 1.82) is 0 Å². The van der Waals surface area contributed by atoms with E-state index in [1.807, 2.05) is 26.8 Å². The molecular weight excluding hydrogens is 300 g/mol. The number of carbonyl (C=O) groups excluding carboxylic acids is 1. The highest BCUT2D eigenvalue weighted by atomic mass is 79.9. The Morgan fingerprint density at radius 3 is 2.67 bits per heavy atom. The Labute approximate surface area is 115 Å². The molecule has 0 aliphatic heterocycles. The summed E-state index contributed by atoms with van der Waals surface area (Å²) in [7, 11) is 1.79. The van der Waals surface area contributed by atoms with Crippen LogP contribution < -0.4 is 11.1 Å². The molecule has 1 aromatic heterocycles. The summed E-state index contributed by atoms with van der Waals surface area (Å²) in [6, 6.07) is 1.48. The smallest absolute Gasteiger partial charge is 0.408 e. The van der Waals surface area contributed by atoms with Crippen LogP contribution in [0.4, 0.5) is 4.79 Å². The maximum atomic E-state index is 11.7. The van der Waals surface area contributed by atoms with Crippen molar-refractivity contribution in [3.63, 3.8) is 0 Å². The minimum Gasteiger partial charge on any atom is -0.444 e. The third-order valence-electron chi connectivity index (χ3n) is 2.17. The summed E-state index contributed by atoms with van der Waals surface area (Å²) in [5.74, 6) is 0. The molecule has 0 fully saturated rings. The van der Waals surface area contributed by atoms with Crippen LogP contribution in [-0.2, 0) is 11.8 Å². The topological polar surface area (TPSA) is 82.2 Å². The molecule has 18 heavy (non-hydrogen) atoms. The number of amides is 1. The van der Waals surface area contributed by atoms with Crippen molar-refractivity contribution in [2.24, 2.45) is 12.8 Å². The largest absolute Gasteiger partial charge is 0.444 e. The number of carbonyl (C=O) groups is 1. The molecule has 3 N–H and O–H groups in total. The van der Waals surface area contributed by atoms with Crippen LogP contribution in [0.15, 0.2) is 10.7 Å². The Kier molecular flexibility index (Phi) is 4.75. The second-order valence-corrected chi connectivity index (χ2v) is 5.76. The van der Waals surface area contributed by atoms with Crippen molar-refractivity contribution in [2.75, 3.05) is 6.54 Å². The SMILES string of the molecule is Cn1nc(Br)cc1C(CN)NC(=O)OC(C)(C)C. The number of nitrogens with zero attached hydrogens (tertiary/aromatic N) is 2. The molecule has 0 aliphatic rings. The number of hydrogen-bond acceptors (Lipinski definition) is 4. The van der Waals surface area contributed by atoms with Crippen molar-refractivity contribution in [1.82, 2.24) is 15.1 Å². The van der Waals surface area contributed by atoms with Crippen molar-refractivity contribution < 1.29 is 9.53 Å². The fraction of sp³-hybridized carbons (Fsp3) is 0.636. The van der Waals surface area contributed by atoms with E-state index in [9.17, 15) is 4.79 Å². The second-order valence-electron chi connectivity index (χ2n) is 4.95. The fourth-order valence-electron chi connectivity index (χ4n) is 1.47. The predicted octanol–water partition coefficient (Wildman–Crippen LogP) is 1.71. The Morgan fingerprint density at radius 2 is 2.28 bits per heavy atom.